The molecule has 1 N–H and O–H groups in total. The second kappa shape index (κ2) is 7.73. The van der Waals surface area contributed by atoms with Crippen molar-refractivity contribution in [2.24, 2.45) is 0 Å². The molecule has 0 spiro atoms. The maximum atomic E-state index is 12.1. The van der Waals surface area contributed by atoms with Crippen molar-refractivity contribution in [3.05, 3.63) is 40.0 Å². The molecule has 21 heavy (non-hydrogen) atoms. The van der Waals surface area contributed by atoms with Gasteiger partial charge in [0, 0.05) is 23.7 Å². The molecule has 1 amide bonds. The van der Waals surface area contributed by atoms with Crippen molar-refractivity contribution in [2.45, 2.75) is 33.2 Å². The Morgan fingerprint density at radius 2 is 2.29 bits per heavy atom. The predicted octanol–water partition coefficient (Wildman–Crippen LogP) is 2.82. The van der Waals surface area contributed by atoms with Crippen LogP contribution in [0.2, 0.25) is 0 Å². The molecule has 5 nitrogen and oxygen atoms in total. The van der Waals surface area contributed by atoms with Gasteiger partial charge in [-0.25, -0.2) is 9.97 Å². The van der Waals surface area contributed by atoms with Gasteiger partial charge in [-0.05, 0) is 25.8 Å². The van der Waals surface area contributed by atoms with Crippen LogP contribution in [-0.4, -0.2) is 22.5 Å². The Morgan fingerprint density at radius 1 is 1.43 bits per heavy atom. The monoisotopic (exact) mass is 305 g/mol. The fraction of sp³-hybridized carbons (Fsp3) is 0.400. The van der Waals surface area contributed by atoms with Crippen molar-refractivity contribution in [3.8, 4) is 5.88 Å². The number of amides is 1. The quantitative estimate of drug-likeness (QED) is 0.854. The molecule has 0 radical (unpaired) electrons. The van der Waals surface area contributed by atoms with Crippen molar-refractivity contribution in [3.63, 3.8) is 0 Å². The summed E-state index contributed by atoms with van der Waals surface area (Å²) >= 11 is 1.53. The molecular weight excluding hydrogens is 286 g/mol. The molecule has 0 aliphatic heterocycles. The van der Waals surface area contributed by atoms with Gasteiger partial charge in [0.1, 0.15) is 5.69 Å². The number of hydrogen-bond donors (Lipinski definition) is 1. The van der Waals surface area contributed by atoms with Crippen molar-refractivity contribution in [1.82, 2.24) is 15.3 Å². The number of carbonyl (C=O) groups excluding carboxylic acids is 1. The number of nitrogens with zero attached hydrogens (tertiary/aromatic N) is 2. The zero-order chi connectivity index (χ0) is 15.1. The number of carbonyl (C=O) groups is 1. The Morgan fingerprint density at radius 3 is 3.05 bits per heavy atom. The van der Waals surface area contributed by atoms with Crippen LogP contribution in [0.25, 0.3) is 0 Å². The van der Waals surface area contributed by atoms with Crippen LogP contribution in [-0.2, 0) is 13.0 Å². The zero-order valence-electron chi connectivity index (χ0n) is 12.3. The summed E-state index contributed by atoms with van der Waals surface area (Å²) in [6, 6.07) is 3.72. The molecule has 6 heteroatoms. The smallest absolute Gasteiger partial charge is 0.271 e. The Labute approximate surface area is 128 Å². The summed E-state index contributed by atoms with van der Waals surface area (Å²) in [4.78, 5) is 20.6. The molecular formula is C15H19N3O2S. The summed E-state index contributed by atoms with van der Waals surface area (Å²) in [5.74, 6) is 0.394. The third-order valence-electron chi connectivity index (χ3n) is 2.82. The fourth-order valence-electron chi connectivity index (χ4n) is 1.84. The molecule has 0 saturated carbocycles. The van der Waals surface area contributed by atoms with Crippen molar-refractivity contribution in [2.75, 3.05) is 6.61 Å². The van der Waals surface area contributed by atoms with Gasteiger partial charge < -0.3 is 10.1 Å². The summed E-state index contributed by atoms with van der Waals surface area (Å²) in [7, 11) is 0. The second-order valence-corrected chi connectivity index (χ2v) is 5.40. The van der Waals surface area contributed by atoms with E-state index in [1.165, 1.54) is 11.3 Å². The normalized spacial score (nSPS) is 10.4. The van der Waals surface area contributed by atoms with Crippen molar-refractivity contribution in [1.29, 1.82) is 0 Å². The number of rotatable bonds is 7. The number of aryl methyl sites for hydroxylation is 1. The van der Waals surface area contributed by atoms with E-state index in [4.69, 9.17) is 4.74 Å². The highest BCUT2D eigenvalue weighted by molar-refractivity contribution is 7.09. The number of aromatic nitrogens is 2. The minimum Gasteiger partial charge on any atom is -0.478 e. The SMILES string of the molecule is CCCc1nc(C(=O)NCc2cccnc2OCC)cs1. The van der Waals surface area contributed by atoms with Crippen molar-refractivity contribution >= 4 is 17.2 Å². The first-order chi connectivity index (χ1) is 10.2. The van der Waals surface area contributed by atoms with Gasteiger partial charge in [0.15, 0.2) is 0 Å². The summed E-state index contributed by atoms with van der Waals surface area (Å²) in [5.41, 5.74) is 1.34. The van der Waals surface area contributed by atoms with E-state index in [9.17, 15) is 4.79 Å². The lowest BCUT2D eigenvalue weighted by atomic mass is 10.2. The number of thiazole rings is 1. The van der Waals surface area contributed by atoms with Crippen LogP contribution < -0.4 is 10.1 Å². The van der Waals surface area contributed by atoms with Gasteiger partial charge in [-0.15, -0.1) is 11.3 Å². The van der Waals surface area contributed by atoms with Gasteiger partial charge in [-0.2, -0.15) is 0 Å². The van der Waals surface area contributed by atoms with Crippen LogP contribution in [0.4, 0.5) is 0 Å². The molecule has 0 bridgehead atoms. The fourth-order valence-corrected chi connectivity index (χ4v) is 2.72. The first-order valence-electron chi connectivity index (χ1n) is 7.03. The first kappa shape index (κ1) is 15.4. The number of pyridine rings is 1. The van der Waals surface area contributed by atoms with Gasteiger partial charge in [-0.1, -0.05) is 13.0 Å². The lowest BCUT2D eigenvalue weighted by Crippen LogP contribution is -2.23. The first-order valence-corrected chi connectivity index (χ1v) is 7.91. The minimum atomic E-state index is -0.167. The molecule has 0 aliphatic rings. The molecule has 0 fully saturated rings. The number of ether oxygens (including phenoxy) is 1. The van der Waals surface area contributed by atoms with Gasteiger partial charge in [-0.3, -0.25) is 4.79 Å². The predicted molar refractivity (Wildman–Crippen MR) is 82.7 cm³/mol. The Hall–Kier alpha value is -1.95. The van der Waals surface area contributed by atoms with E-state index < -0.39 is 0 Å². The Bertz CT molecular complexity index is 598. The summed E-state index contributed by atoms with van der Waals surface area (Å²) in [5, 5.41) is 5.65. The standard InChI is InChI=1S/C15H19N3O2S/c1-3-6-13-18-12(10-21-13)14(19)17-9-11-7-5-8-16-15(11)20-4-2/h5,7-8,10H,3-4,6,9H2,1-2H3,(H,17,19). The van der Waals surface area contributed by atoms with Crippen LogP contribution in [0, 0.1) is 0 Å². The lowest BCUT2D eigenvalue weighted by molar-refractivity contribution is 0.0946. The van der Waals surface area contributed by atoms with Gasteiger partial charge in [0.2, 0.25) is 5.88 Å². The number of hydrogen-bond acceptors (Lipinski definition) is 5. The van der Waals surface area contributed by atoms with Crippen molar-refractivity contribution < 1.29 is 9.53 Å². The molecule has 0 atom stereocenters. The lowest BCUT2D eigenvalue weighted by Gasteiger charge is -2.09. The molecule has 2 aromatic rings. The van der Waals surface area contributed by atoms with Crippen LogP contribution in [0.5, 0.6) is 5.88 Å². The Kier molecular flexibility index (Phi) is 5.68. The molecule has 0 unspecified atom stereocenters. The maximum Gasteiger partial charge on any atom is 0.271 e. The van der Waals surface area contributed by atoms with Crippen LogP contribution in [0.3, 0.4) is 0 Å². The molecule has 2 heterocycles. The van der Waals surface area contributed by atoms with E-state index in [0.717, 1.165) is 23.4 Å². The van der Waals surface area contributed by atoms with E-state index >= 15 is 0 Å². The zero-order valence-corrected chi connectivity index (χ0v) is 13.1. The average Bonchev–Trinajstić information content (AvgIpc) is 2.95. The third kappa shape index (κ3) is 4.26. The highest BCUT2D eigenvalue weighted by Gasteiger charge is 2.11. The second-order valence-electron chi connectivity index (χ2n) is 4.46. The molecule has 0 saturated heterocycles. The maximum absolute atomic E-state index is 12.1. The molecule has 112 valence electrons. The van der Waals surface area contributed by atoms with Gasteiger partial charge >= 0.3 is 0 Å². The number of nitrogens with one attached hydrogen (secondary N) is 1. The minimum absolute atomic E-state index is 0.167. The molecule has 2 aromatic heterocycles. The molecule has 0 aliphatic carbocycles. The largest absolute Gasteiger partial charge is 0.478 e. The van der Waals surface area contributed by atoms with E-state index in [2.05, 4.69) is 22.2 Å². The summed E-state index contributed by atoms with van der Waals surface area (Å²) in [6.45, 7) is 4.92. The van der Waals surface area contributed by atoms with Crippen LogP contribution in [0.1, 0.15) is 41.3 Å². The molecule has 0 aromatic carbocycles. The van der Waals surface area contributed by atoms with Gasteiger partial charge in [0.05, 0.1) is 11.6 Å². The topological polar surface area (TPSA) is 64.1 Å². The van der Waals surface area contributed by atoms with E-state index in [-0.39, 0.29) is 5.91 Å². The molecule has 2 rings (SSSR count). The highest BCUT2D eigenvalue weighted by Crippen LogP contribution is 2.15. The third-order valence-corrected chi connectivity index (χ3v) is 3.73. The van der Waals surface area contributed by atoms with Crippen LogP contribution in [0.15, 0.2) is 23.7 Å². The van der Waals surface area contributed by atoms with E-state index in [0.29, 0.717) is 24.7 Å². The van der Waals surface area contributed by atoms with Gasteiger partial charge in [0.25, 0.3) is 5.91 Å². The van der Waals surface area contributed by atoms with E-state index in [1.54, 1.807) is 11.6 Å². The Balaban J connectivity index is 1.97. The summed E-state index contributed by atoms with van der Waals surface area (Å²) < 4.78 is 5.44. The average molecular weight is 305 g/mol. The van der Waals surface area contributed by atoms with Crippen LogP contribution >= 0.6 is 11.3 Å². The summed E-state index contributed by atoms with van der Waals surface area (Å²) in [6.07, 6.45) is 3.62. The highest BCUT2D eigenvalue weighted by atomic mass is 32.1. The van der Waals surface area contributed by atoms with E-state index in [1.807, 2.05) is 19.1 Å².